The number of halogens is 2. The Balaban J connectivity index is 1.66. The van der Waals surface area contributed by atoms with E-state index >= 15 is 0 Å². The first-order valence-electron chi connectivity index (χ1n) is 7.38. The van der Waals surface area contributed by atoms with E-state index in [1.54, 1.807) is 12.1 Å². The lowest BCUT2D eigenvalue weighted by Gasteiger charge is -2.05. The third kappa shape index (κ3) is 3.27. The maximum absolute atomic E-state index is 13.0. The van der Waals surface area contributed by atoms with Crippen molar-refractivity contribution in [3.05, 3.63) is 59.2 Å². The summed E-state index contributed by atoms with van der Waals surface area (Å²) >= 11 is 0. The smallest absolute Gasteiger partial charge is 0.395 e. The van der Waals surface area contributed by atoms with Crippen LogP contribution in [-0.4, -0.2) is 17.9 Å². The van der Waals surface area contributed by atoms with Crippen LogP contribution in [0.2, 0.25) is 0 Å². The quantitative estimate of drug-likeness (QED) is 0.772. The predicted octanol–water partition coefficient (Wildman–Crippen LogP) is 4.16. The van der Waals surface area contributed by atoms with Gasteiger partial charge in [-0.3, -0.25) is 9.59 Å². The number of hydrogen-bond donors (Lipinski definition) is 0. The number of rotatable bonds is 5. The molecule has 0 bridgehead atoms. The third-order valence-corrected chi connectivity index (χ3v) is 3.75. The molecule has 0 atom stereocenters. The van der Waals surface area contributed by atoms with Crippen LogP contribution in [0, 0.1) is 6.92 Å². The molecule has 0 saturated carbocycles. The van der Waals surface area contributed by atoms with Gasteiger partial charge >= 0.3 is 6.29 Å². The normalized spacial score (nSPS) is 14.5. The van der Waals surface area contributed by atoms with Gasteiger partial charge in [0.1, 0.15) is 0 Å². The zero-order chi connectivity index (χ0) is 17.3. The number of fused-ring (bicyclic) bond motifs is 1. The Morgan fingerprint density at radius 3 is 2.38 bits per heavy atom. The zero-order valence-electron chi connectivity index (χ0n) is 12.8. The fourth-order valence-electron chi connectivity index (χ4n) is 2.51. The average Bonchev–Trinajstić information content (AvgIpc) is 2.85. The molecule has 3 rings (SSSR count). The van der Waals surface area contributed by atoms with Gasteiger partial charge in [0.05, 0.1) is 0 Å². The van der Waals surface area contributed by atoms with Gasteiger partial charge in [-0.15, -0.1) is 8.78 Å². The van der Waals surface area contributed by atoms with E-state index in [9.17, 15) is 18.4 Å². The van der Waals surface area contributed by atoms with Crippen LogP contribution < -0.4 is 9.47 Å². The second-order valence-corrected chi connectivity index (χ2v) is 5.49. The van der Waals surface area contributed by atoms with Crippen molar-refractivity contribution in [1.29, 1.82) is 0 Å². The second-order valence-electron chi connectivity index (χ2n) is 5.49. The number of alkyl halides is 2. The maximum Gasteiger partial charge on any atom is 0.586 e. The minimum atomic E-state index is -3.72. The Labute approximate surface area is 137 Å². The van der Waals surface area contributed by atoms with E-state index in [1.807, 2.05) is 19.1 Å². The van der Waals surface area contributed by atoms with E-state index in [2.05, 4.69) is 9.47 Å². The van der Waals surface area contributed by atoms with Crippen molar-refractivity contribution in [3.63, 3.8) is 0 Å². The summed E-state index contributed by atoms with van der Waals surface area (Å²) in [5.41, 5.74) is 1.63. The summed E-state index contributed by atoms with van der Waals surface area (Å²) < 4.78 is 34.5. The van der Waals surface area contributed by atoms with Gasteiger partial charge < -0.3 is 9.47 Å². The number of Topliss-reactive ketones (excluding diaryl/α,β-unsaturated/α-hetero) is 2. The highest BCUT2D eigenvalue weighted by Crippen LogP contribution is 2.41. The molecule has 0 unspecified atom stereocenters. The molecule has 2 aromatic carbocycles. The number of hydrogen-bond acceptors (Lipinski definition) is 4. The molecule has 1 aliphatic rings. The highest BCUT2D eigenvalue weighted by molar-refractivity contribution is 6.03. The lowest BCUT2D eigenvalue weighted by atomic mass is 9.98. The van der Waals surface area contributed by atoms with Gasteiger partial charge in [-0.1, -0.05) is 24.3 Å². The van der Waals surface area contributed by atoms with Crippen molar-refractivity contribution in [2.45, 2.75) is 26.1 Å². The van der Waals surface area contributed by atoms with Crippen LogP contribution in [0.15, 0.2) is 42.5 Å². The average molecular weight is 332 g/mol. The summed E-state index contributed by atoms with van der Waals surface area (Å²) in [6.07, 6.45) is -3.68. The molecule has 0 aromatic heterocycles. The van der Waals surface area contributed by atoms with Gasteiger partial charge in [0.25, 0.3) is 0 Å². The molecule has 0 N–H and O–H groups in total. The van der Waals surface area contributed by atoms with Crippen LogP contribution in [0.3, 0.4) is 0 Å². The van der Waals surface area contributed by atoms with Crippen LogP contribution in [0.1, 0.15) is 39.1 Å². The van der Waals surface area contributed by atoms with E-state index in [1.165, 1.54) is 18.2 Å². The number of carbonyl (C=O) groups is 2. The van der Waals surface area contributed by atoms with E-state index in [0.717, 1.165) is 5.56 Å². The Morgan fingerprint density at radius 2 is 1.62 bits per heavy atom. The molecular formula is C18H14F2O4. The third-order valence-electron chi connectivity index (χ3n) is 3.75. The van der Waals surface area contributed by atoms with Crippen molar-refractivity contribution in [3.8, 4) is 11.5 Å². The van der Waals surface area contributed by atoms with Crippen molar-refractivity contribution >= 4 is 11.6 Å². The molecule has 0 spiro atoms. The monoisotopic (exact) mass is 332 g/mol. The fourth-order valence-corrected chi connectivity index (χ4v) is 2.51. The van der Waals surface area contributed by atoms with Gasteiger partial charge in [0.2, 0.25) is 0 Å². The van der Waals surface area contributed by atoms with Gasteiger partial charge in [-0.2, -0.15) is 0 Å². The van der Waals surface area contributed by atoms with E-state index in [4.69, 9.17) is 0 Å². The number of carbonyl (C=O) groups excluding carboxylic acids is 2. The molecule has 0 radical (unpaired) electrons. The molecule has 0 saturated heterocycles. The van der Waals surface area contributed by atoms with Crippen LogP contribution in [-0.2, 0) is 0 Å². The largest absolute Gasteiger partial charge is 0.586 e. The lowest BCUT2D eigenvalue weighted by molar-refractivity contribution is -0.286. The van der Waals surface area contributed by atoms with Gasteiger partial charge in [-0.25, -0.2) is 0 Å². The summed E-state index contributed by atoms with van der Waals surface area (Å²) in [5, 5.41) is 0. The predicted molar refractivity (Wildman–Crippen MR) is 81.7 cm³/mol. The first kappa shape index (κ1) is 16.1. The lowest BCUT2D eigenvalue weighted by Crippen LogP contribution is -2.25. The Hall–Kier alpha value is -2.76. The number of benzene rings is 2. The molecule has 6 heteroatoms. The molecule has 1 aliphatic heterocycles. The van der Waals surface area contributed by atoms with Crippen LogP contribution in [0.5, 0.6) is 11.5 Å². The Bertz CT molecular complexity index is 814. The van der Waals surface area contributed by atoms with Crippen LogP contribution in [0.25, 0.3) is 0 Å². The van der Waals surface area contributed by atoms with Crippen LogP contribution in [0.4, 0.5) is 8.78 Å². The molecule has 2 aromatic rings. The molecule has 124 valence electrons. The maximum atomic E-state index is 13.0. The molecule has 24 heavy (non-hydrogen) atoms. The topological polar surface area (TPSA) is 52.6 Å². The highest BCUT2D eigenvalue weighted by Gasteiger charge is 2.43. The van der Waals surface area contributed by atoms with Crippen molar-refractivity contribution < 1.29 is 27.8 Å². The molecule has 4 nitrogen and oxygen atoms in total. The summed E-state index contributed by atoms with van der Waals surface area (Å²) in [4.78, 5) is 24.4. The Morgan fingerprint density at radius 1 is 0.958 bits per heavy atom. The summed E-state index contributed by atoms with van der Waals surface area (Å²) in [5.74, 6) is -0.754. The summed E-state index contributed by atoms with van der Waals surface area (Å²) in [7, 11) is 0. The molecular weight excluding hydrogens is 318 g/mol. The first-order chi connectivity index (χ1) is 11.4. The van der Waals surface area contributed by atoms with E-state index in [-0.39, 0.29) is 41.5 Å². The highest BCUT2D eigenvalue weighted by atomic mass is 19.3. The number of ether oxygens (including phenoxy) is 2. The first-order valence-corrected chi connectivity index (χ1v) is 7.38. The van der Waals surface area contributed by atoms with E-state index < -0.39 is 6.29 Å². The minimum Gasteiger partial charge on any atom is -0.395 e. The van der Waals surface area contributed by atoms with Crippen molar-refractivity contribution in [2.75, 3.05) is 0 Å². The van der Waals surface area contributed by atoms with Crippen molar-refractivity contribution in [2.24, 2.45) is 0 Å². The Kier molecular flexibility index (Phi) is 4.05. The van der Waals surface area contributed by atoms with Gasteiger partial charge in [0, 0.05) is 24.0 Å². The molecule has 0 fully saturated rings. The zero-order valence-corrected chi connectivity index (χ0v) is 12.8. The SMILES string of the molecule is Cc1ccccc1C(=O)CCC(=O)c1ccc2c(c1)OC(F)(F)O2. The van der Waals surface area contributed by atoms with E-state index in [0.29, 0.717) is 5.56 Å². The molecule has 0 amide bonds. The summed E-state index contributed by atoms with van der Waals surface area (Å²) in [6, 6.07) is 11.0. The molecule has 1 heterocycles. The fraction of sp³-hybridized carbons (Fsp3) is 0.222. The number of aryl methyl sites for hydroxylation is 1. The second kappa shape index (κ2) is 6.03. The standard InChI is InChI=1S/C18H14F2O4/c1-11-4-2-3-5-13(11)15(22)8-7-14(21)12-6-9-16-17(10-12)24-18(19,20)23-16/h2-6,9-10H,7-8H2,1H3. The summed E-state index contributed by atoms with van der Waals surface area (Å²) in [6.45, 7) is 1.83. The van der Waals surface area contributed by atoms with Crippen LogP contribution >= 0.6 is 0 Å². The van der Waals surface area contributed by atoms with Gasteiger partial charge in [0.15, 0.2) is 23.1 Å². The number of ketones is 2. The van der Waals surface area contributed by atoms with Gasteiger partial charge in [-0.05, 0) is 30.7 Å². The molecule has 0 aliphatic carbocycles. The van der Waals surface area contributed by atoms with Crippen molar-refractivity contribution in [1.82, 2.24) is 0 Å². The minimum absolute atomic E-state index is 0.0107.